The van der Waals surface area contributed by atoms with E-state index < -0.39 is 15.9 Å². The van der Waals surface area contributed by atoms with Crippen LogP contribution in [0, 0.1) is 18.8 Å². The first-order chi connectivity index (χ1) is 16.2. The standard InChI is InChI=1S/C24H27N3O6S/c1-15-11-12-16(13-21(15)34(31,32)26-19-9-5-6-10-20(19)33-2)25-22(28)14-27-23(29)17-7-3-4-8-18(17)24(27)30/h5-6,9-13,17-18,26H,3-4,7-8,14H2,1-2H3,(H,25,28)/t17-,18-/m1/s1. The average molecular weight is 486 g/mol. The zero-order chi connectivity index (χ0) is 24.5. The predicted octanol–water partition coefficient (Wildman–Crippen LogP) is 2.92. The van der Waals surface area contributed by atoms with Gasteiger partial charge < -0.3 is 10.1 Å². The second-order valence-corrected chi connectivity index (χ2v) is 10.2. The first-order valence-electron chi connectivity index (χ1n) is 11.1. The number of aryl methyl sites for hydroxylation is 1. The van der Waals surface area contributed by atoms with Crippen molar-refractivity contribution in [1.82, 2.24) is 4.90 Å². The van der Waals surface area contributed by atoms with E-state index in [0.717, 1.165) is 17.7 Å². The van der Waals surface area contributed by atoms with E-state index in [1.54, 1.807) is 43.3 Å². The first kappa shape index (κ1) is 23.7. The number of benzene rings is 2. The van der Waals surface area contributed by atoms with E-state index in [1.807, 2.05) is 0 Å². The maximum absolute atomic E-state index is 13.1. The van der Waals surface area contributed by atoms with Crippen molar-refractivity contribution in [3.63, 3.8) is 0 Å². The van der Waals surface area contributed by atoms with E-state index in [9.17, 15) is 22.8 Å². The minimum atomic E-state index is -3.99. The number of amides is 3. The van der Waals surface area contributed by atoms with Gasteiger partial charge >= 0.3 is 0 Å². The van der Waals surface area contributed by atoms with Crippen LogP contribution in [0.3, 0.4) is 0 Å². The molecule has 9 nitrogen and oxygen atoms in total. The Kier molecular flexibility index (Phi) is 6.60. The SMILES string of the molecule is COc1ccccc1NS(=O)(=O)c1cc(NC(=O)CN2C(=O)[C@@H]3CCCC[C@H]3C2=O)ccc1C. The van der Waals surface area contributed by atoms with Crippen LogP contribution in [-0.2, 0) is 24.4 Å². The number of anilines is 2. The second kappa shape index (κ2) is 9.46. The number of carbonyl (C=O) groups excluding carboxylic acids is 3. The summed E-state index contributed by atoms with van der Waals surface area (Å²) in [6.07, 6.45) is 3.16. The van der Waals surface area contributed by atoms with Gasteiger partial charge in [-0.2, -0.15) is 0 Å². The lowest BCUT2D eigenvalue weighted by Crippen LogP contribution is -2.38. The van der Waals surface area contributed by atoms with Gasteiger partial charge in [-0.25, -0.2) is 8.42 Å². The number of imide groups is 1. The molecule has 2 aromatic carbocycles. The van der Waals surface area contributed by atoms with Crippen molar-refractivity contribution in [1.29, 1.82) is 0 Å². The number of hydrogen-bond donors (Lipinski definition) is 2. The molecule has 180 valence electrons. The number of nitrogens with zero attached hydrogens (tertiary/aromatic N) is 1. The Morgan fingerprint density at radius 3 is 2.35 bits per heavy atom. The van der Waals surface area contributed by atoms with Gasteiger partial charge in [-0.05, 0) is 49.6 Å². The summed E-state index contributed by atoms with van der Waals surface area (Å²) >= 11 is 0. The van der Waals surface area contributed by atoms with E-state index in [0.29, 0.717) is 24.2 Å². The Labute approximate surface area is 198 Å². The minimum absolute atomic E-state index is 0.0180. The Morgan fingerprint density at radius 1 is 1.06 bits per heavy atom. The monoisotopic (exact) mass is 485 g/mol. The van der Waals surface area contributed by atoms with Crippen molar-refractivity contribution in [2.45, 2.75) is 37.5 Å². The number of likely N-dealkylation sites (tertiary alicyclic amines) is 1. The molecule has 10 heteroatoms. The summed E-state index contributed by atoms with van der Waals surface area (Å²) in [6, 6.07) is 11.1. The number of rotatable bonds is 7. The van der Waals surface area contributed by atoms with Crippen LogP contribution in [0.1, 0.15) is 31.2 Å². The van der Waals surface area contributed by atoms with E-state index in [1.165, 1.54) is 13.2 Å². The van der Waals surface area contributed by atoms with Crippen LogP contribution in [-0.4, -0.2) is 44.7 Å². The summed E-state index contributed by atoms with van der Waals surface area (Å²) in [6.45, 7) is 1.26. The number of para-hydroxylation sites is 2. The van der Waals surface area contributed by atoms with Gasteiger partial charge in [0.25, 0.3) is 10.0 Å². The lowest BCUT2D eigenvalue weighted by Gasteiger charge is -2.19. The van der Waals surface area contributed by atoms with Crippen molar-refractivity contribution in [3.05, 3.63) is 48.0 Å². The van der Waals surface area contributed by atoms with Gasteiger partial charge in [-0.1, -0.05) is 31.0 Å². The molecule has 1 saturated carbocycles. The smallest absolute Gasteiger partial charge is 0.262 e. The summed E-state index contributed by atoms with van der Waals surface area (Å²) in [5.41, 5.74) is 1.01. The molecule has 1 heterocycles. The van der Waals surface area contributed by atoms with Gasteiger partial charge in [-0.3, -0.25) is 24.0 Å². The third kappa shape index (κ3) is 4.63. The van der Waals surface area contributed by atoms with Gasteiger partial charge in [0.05, 0.1) is 29.5 Å². The number of nitrogens with one attached hydrogen (secondary N) is 2. The summed E-state index contributed by atoms with van der Waals surface area (Å²) < 4.78 is 33.8. The zero-order valence-electron chi connectivity index (χ0n) is 19.0. The van der Waals surface area contributed by atoms with Crippen molar-refractivity contribution < 1.29 is 27.5 Å². The first-order valence-corrected chi connectivity index (χ1v) is 12.6. The molecule has 2 atom stereocenters. The summed E-state index contributed by atoms with van der Waals surface area (Å²) in [5.74, 6) is -1.44. The lowest BCUT2D eigenvalue weighted by molar-refractivity contribution is -0.142. The van der Waals surface area contributed by atoms with Crippen LogP contribution in [0.25, 0.3) is 0 Å². The molecule has 1 aliphatic heterocycles. The molecule has 0 bridgehead atoms. The molecule has 2 aliphatic rings. The molecule has 3 amide bonds. The third-order valence-electron chi connectivity index (χ3n) is 6.35. The minimum Gasteiger partial charge on any atom is -0.495 e. The van der Waals surface area contributed by atoms with Gasteiger partial charge in [0, 0.05) is 5.69 Å². The number of sulfonamides is 1. The molecular formula is C24H27N3O6S. The molecule has 1 saturated heterocycles. The topological polar surface area (TPSA) is 122 Å². The highest BCUT2D eigenvalue weighted by molar-refractivity contribution is 7.92. The summed E-state index contributed by atoms with van der Waals surface area (Å²) in [4.78, 5) is 38.9. The zero-order valence-corrected chi connectivity index (χ0v) is 19.9. The predicted molar refractivity (Wildman–Crippen MR) is 126 cm³/mol. The van der Waals surface area contributed by atoms with Crippen LogP contribution in [0.2, 0.25) is 0 Å². The van der Waals surface area contributed by atoms with Crippen LogP contribution >= 0.6 is 0 Å². The van der Waals surface area contributed by atoms with Gasteiger partial charge in [-0.15, -0.1) is 0 Å². The number of carbonyl (C=O) groups is 3. The van der Waals surface area contributed by atoms with E-state index in [4.69, 9.17) is 4.74 Å². The quantitative estimate of drug-likeness (QED) is 0.582. The second-order valence-electron chi connectivity index (χ2n) is 8.59. The van der Waals surface area contributed by atoms with Crippen LogP contribution < -0.4 is 14.8 Å². The fourth-order valence-corrected chi connectivity index (χ4v) is 5.97. The highest BCUT2D eigenvalue weighted by Crippen LogP contribution is 2.38. The lowest BCUT2D eigenvalue weighted by atomic mass is 9.81. The van der Waals surface area contributed by atoms with E-state index in [-0.39, 0.29) is 46.5 Å². The van der Waals surface area contributed by atoms with Crippen LogP contribution in [0.5, 0.6) is 5.75 Å². The molecular weight excluding hydrogens is 458 g/mol. The molecule has 2 N–H and O–H groups in total. The highest BCUT2D eigenvalue weighted by atomic mass is 32.2. The molecule has 0 aromatic heterocycles. The maximum Gasteiger partial charge on any atom is 0.262 e. The molecule has 1 aliphatic carbocycles. The maximum atomic E-state index is 13.1. The number of hydrogen-bond acceptors (Lipinski definition) is 6. The van der Waals surface area contributed by atoms with Crippen molar-refractivity contribution >= 4 is 39.1 Å². The fraction of sp³-hybridized carbons (Fsp3) is 0.375. The number of ether oxygens (including phenoxy) is 1. The van der Waals surface area contributed by atoms with Crippen LogP contribution in [0.4, 0.5) is 11.4 Å². The van der Waals surface area contributed by atoms with Gasteiger partial charge in [0.15, 0.2) is 0 Å². The summed E-state index contributed by atoms with van der Waals surface area (Å²) in [7, 11) is -2.55. The molecule has 34 heavy (non-hydrogen) atoms. The summed E-state index contributed by atoms with van der Waals surface area (Å²) in [5, 5.41) is 2.62. The molecule has 0 radical (unpaired) electrons. The largest absolute Gasteiger partial charge is 0.495 e. The van der Waals surface area contributed by atoms with E-state index >= 15 is 0 Å². The molecule has 2 aromatic rings. The Balaban J connectivity index is 1.49. The molecule has 2 fully saturated rings. The fourth-order valence-electron chi connectivity index (χ4n) is 4.63. The Bertz CT molecular complexity index is 1220. The van der Waals surface area contributed by atoms with Gasteiger partial charge in [0.2, 0.25) is 17.7 Å². The molecule has 0 unspecified atom stereocenters. The van der Waals surface area contributed by atoms with Crippen molar-refractivity contribution in [2.24, 2.45) is 11.8 Å². The number of fused-ring (bicyclic) bond motifs is 1. The highest BCUT2D eigenvalue weighted by Gasteiger charge is 2.48. The normalized spacial score (nSPS) is 20.1. The molecule has 4 rings (SSSR count). The average Bonchev–Trinajstić information content (AvgIpc) is 3.05. The Hall–Kier alpha value is -3.40. The Morgan fingerprint density at radius 2 is 1.71 bits per heavy atom. The van der Waals surface area contributed by atoms with Crippen molar-refractivity contribution in [3.8, 4) is 5.75 Å². The van der Waals surface area contributed by atoms with Crippen LogP contribution in [0.15, 0.2) is 47.4 Å². The van der Waals surface area contributed by atoms with Crippen molar-refractivity contribution in [2.75, 3.05) is 23.7 Å². The molecule has 0 spiro atoms. The number of methoxy groups -OCH3 is 1. The van der Waals surface area contributed by atoms with Gasteiger partial charge in [0.1, 0.15) is 12.3 Å². The third-order valence-corrected chi connectivity index (χ3v) is 7.85. The van der Waals surface area contributed by atoms with E-state index in [2.05, 4.69) is 10.0 Å².